The first kappa shape index (κ1) is 11.9. The van der Waals surface area contributed by atoms with Crippen molar-refractivity contribution in [1.82, 2.24) is 5.32 Å². The second-order valence-corrected chi connectivity index (χ2v) is 4.54. The van der Waals surface area contributed by atoms with Crippen LogP contribution in [0, 0.1) is 5.82 Å². The highest BCUT2D eigenvalue weighted by Crippen LogP contribution is 2.19. The molecule has 1 aromatic rings. The van der Waals surface area contributed by atoms with Gasteiger partial charge in [0.05, 0.1) is 5.56 Å². The van der Waals surface area contributed by atoms with E-state index in [9.17, 15) is 9.18 Å². The minimum absolute atomic E-state index is 0.193. The van der Waals surface area contributed by atoms with Crippen molar-refractivity contribution in [3.8, 4) is 0 Å². The smallest absolute Gasteiger partial charge is 0.253 e. The fourth-order valence-electron chi connectivity index (χ4n) is 2.25. The molecule has 3 N–H and O–H groups in total. The van der Waals surface area contributed by atoms with Gasteiger partial charge in [-0.25, -0.2) is 4.39 Å². The van der Waals surface area contributed by atoms with Gasteiger partial charge in [0.15, 0.2) is 0 Å². The molecule has 2 rings (SSSR count). The highest BCUT2D eigenvalue weighted by Gasteiger charge is 2.17. The third kappa shape index (κ3) is 2.96. The van der Waals surface area contributed by atoms with Crippen LogP contribution < -0.4 is 11.1 Å². The Morgan fingerprint density at radius 1 is 1.29 bits per heavy atom. The summed E-state index contributed by atoms with van der Waals surface area (Å²) in [4.78, 5) is 11.9. The van der Waals surface area contributed by atoms with Gasteiger partial charge in [0.2, 0.25) is 0 Å². The van der Waals surface area contributed by atoms with Crippen LogP contribution in [0.2, 0.25) is 0 Å². The van der Waals surface area contributed by atoms with Gasteiger partial charge in [0.1, 0.15) is 5.82 Å². The van der Waals surface area contributed by atoms with Crippen LogP contribution in [0.15, 0.2) is 18.2 Å². The highest BCUT2D eigenvalue weighted by molar-refractivity contribution is 5.99. The third-order valence-electron chi connectivity index (χ3n) is 3.20. The van der Waals surface area contributed by atoms with Gasteiger partial charge in [-0.15, -0.1) is 0 Å². The first-order chi connectivity index (χ1) is 8.16. The van der Waals surface area contributed by atoms with E-state index in [0.29, 0.717) is 5.56 Å². The summed E-state index contributed by atoms with van der Waals surface area (Å²) in [5.41, 5.74) is 6.18. The number of hydrogen-bond acceptors (Lipinski definition) is 2. The van der Waals surface area contributed by atoms with Gasteiger partial charge in [-0.1, -0.05) is 19.3 Å². The summed E-state index contributed by atoms with van der Waals surface area (Å²) in [6.45, 7) is 0. The number of nitrogens with two attached hydrogens (primary N) is 1. The van der Waals surface area contributed by atoms with E-state index in [1.54, 1.807) is 0 Å². The number of hydrogen-bond donors (Lipinski definition) is 2. The molecule has 0 unspecified atom stereocenters. The normalized spacial score (nSPS) is 16.8. The molecule has 1 aliphatic rings. The summed E-state index contributed by atoms with van der Waals surface area (Å²) >= 11 is 0. The predicted octanol–water partition coefficient (Wildman–Crippen LogP) is 2.47. The van der Waals surface area contributed by atoms with Crippen molar-refractivity contribution in [2.24, 2.45) is 0 Å². The van der Waals surface area contributed by atoms with Crippen molar-refractivity contribution in [3.63, 3.8) is 0 Å². The number of anilines is 1. The van der Waals surface area contributed by atoms with Crippen LogP contribution in [0.1, 0.15) is 42.5 Å². The Morgan fingerprint density at radius 2 is 2.00 bits per heavy atom. The molecule has 3 nitrogen and oxygen atoms in total. The number of amides is 1. The number of carbonyl (C=O) groups is 1. The lowest BCUT2D eigenvalue weighted by molar-refractivity contribution is 0.0928. The van der Waals surface area contributed by atoms with Crippen LogP contribution in [0.3, 0.4) is 0 Å². The minimum atomic E-state index is -0.420. The Balaban J connectivity index is 2.03. The van der Waals surface area contributed by atoms with Crippen molar-refractivity contribution in [2.75, 3.05) is 5.73 Å². The van der Waals surface area contributed by atoms with Crippen molar-refractivity contribution in [3.05, 3.63) is 29.6 Å². The maximum absolute atomic E-state index is 12.9. The number of carbonyl (C=O) groups excluding carboxylic acids is 1. The Bertz CT molecular complexity index is 414. The maximum Gasteiger partial charge on any atom is 0.253 e. The molecule has 0 aliphatic heterocycles. The number of nitrogen functional groups attached to an aromatic ring is 1. The largest absolute Gasteiger partial charge is 0.398 e. The lowest BCUT2D eigenvalue weighted by Gasteiger charge is -2.23. The zero-order valence-corrected chi connectivity index (χ0v) is 9.71. The Hall–Kier alpha value is -1.58. The fourth-order valence-corrected chi connectivity index (χ4v) is 2.25. The molecule has 0 spiro atoms. The average Bonchev–Trinajstić information content (AvgIpc) is 2.30. The maximum atomic E-state index is 12.9. The van der Waals surface area contributed by atoms with Gasteiger partial charge in [-0.2, -0.15) is 0 Å². The number of benzene rings is 1. The van der Waals surface area contributed by atoms with Crippen LogP contribution in [0.4, 0.5) is 10.1 Å². The fraction of sp³-hybridized carbons (Fsp3) is 0.462. The zero-order valence-electron chi connectivity index (χ0n) is 9.71. The van der Waals surface area contributed by atoms with E-state index >= 15 is 0 Å². The summed E-state index contributed by atoms with van der Waals surface area (Å²) in [5, 5.41) is 2.95. The monoisotopic (exact) mass is 236 g/mol. The Kier molecular flexibility index (Phi) is 3.61. The molecular formula is C13H17FN2O. The van der Waals surface area contributed by atoms with Crippen molar-refractivity contribution >= 4 is 11.6 Å². The second-order valence-electron chi connectivity index (χ2n) is 4.54. The van der Waals surface area contributed by atoms with E-state index in [4.69, 9.17) is 5.73 Å². The van der Waals surface area contributed by atoms with E-state index in [-0.39, 0.29) is 17.6 Å². The summed E-state index contributed by atoms with van der Waals surface area (Å²) in [7, 11) is 0. The summed E-state index contributed by atoms with van der Waals surface area (Å²) < 4.78 is 12.9. The standard InChI is InChI=1S/C13H17FN2O/c14-9-6-7-11(12(15)8-9)13(17)16-10-4-2-1-3-5-10/h6-8,10H,1-5,15H2,(H,16,17). The zero-order chi connectivity index (χ0) is 12.3. The van der Waals surface area contributed by atoms with Gasteiger partial charge in [-0.05, 0) is 31.0 Å². The summed E-state index contributed by atoms with van der Waals surface area (Å²) in [6, 6.07) is 4.10. The predicted molar refractivity (Wildman–Crippen MR) is 65.2 cm³/mol. The molecule has 0 atom stereocenters. The van der Waals surface area contributed by atoms with Gasteiger partial charge >= 0.3 is 0 Å². The first-order valence-corrected chi connectivity index (χ1v) is 6.02. The number of halogens is 1. The lowest BCUT2D eigenvalue weighted by atomic mass is 9.95. The lowest BCUT2D eigenvalue weighted by Crippen LogP contribution is -2.36. The molecule has 4 heteroatoms. The van der Waals surface area contributed by atoms with E-state index < -0.39 is 5.82 Å². The third-order valence-corrected chi connectivity index (χ3v) is 3.20. The molecule has 1 saturated carbocycles. The number of rotatable bonds is 2. The Labute approximate surface area is 100 Å². The summed E-state index contributed by atoms with van der Waals surface area (Å²) in [6.07, 6.45) is 5.60. The van der Waals surface area contributed by atoms with Crippen molar-refractivity contribution < 1.29 is 9.18 Å². The van der Waals surface area contributed by atoms with Crippen LogP contribution >= 0.6 is 0 Å². The first-order valence-electron chi connectivity index (χ1n) is 6.02. The molecule has 0 heterocycles. The minimum Gasteiger partial charge on any atom is -0.398 e. The molecule has 1 aromatic carbocycles. The Morgan fingerprint density at radius 3 is 2.65 bits per heavy atom. The molecule has 1 fully saturated rings. The van der Waals surface area contributed by atoms with Gasteiger partial charge < -0.3 is 11.1 Å². The van der Waals surface area contributed by atoms with Gasteiger partial charge in [0, 0.05) is 11.7 Å². The molecule has 1 aliphatic carbocycles. The SMILES string of the molecule is Nc1cc(F)ccc1C(=O)NC1CCCCC1. The van der Waals surface area contributed by atoms with Crippen molar-refractivity contribution in [1.29, 1.82) is 0 Å². The van der Waals surface area contributed by atoms with E-state index in [0.717, 1.165) is 25.7 Å². The second kappa shape index (κ2) is 5.17. The molecule has 1 amide bonds. The number of nitrogens with one attached hydrogen (secondary N) is 1. The van der Waals surface area contributed by atoms with Gasteiger partial charge in [-0.3, -0.25) is 4.79 Å². The van der Waals surface area contributed by atoms with Crippen LogP contribution in [-0.4, -0.2) is 11.9 Å². The van der Waals surface area contributed by atoms with Gasteiger partial charge in [0.25, 0.3) is 5.91 Å². The van der Waals surface area contributed by atoms with Crippen LogP contribution in [0.5, 0.6) is 0 Å². The van der Waals surface area contributed by atoms with E-state index in [2.05, 4.69) is 5.32 Å². The molecule has 17 heavy (non-hydrogen) atoms. The molecular weight excluding hydrogens is 219 g/mol. The summed E-state index contributed by atoms with van der Waals surface area (Å²) in [5.74, 6) is -0.619. The molecule has 0 saturated heterocycles. The van der Waals surface area contributed by atoms with Crippen LogP contribution in [0.25, 0.3) is 0 Å². The molecule has 0 radical (unpaired) electrons. The molecule has 92 valence electrons. The van der Waals surface area contributed by atoms with E-state index in [1.165, 1.54) is 24.6 Å². The van der Waals surface area contributed by atoms with Crippen LogP contribution in [-0.2, 0) is 0 Å². The highest BCUT2D eigenvalue weighted by atomic mass is 19.1. The topological polar surface area (TPSA) is 55.1 Å². The van der Waals surface area contributed by atoms with Crippen molar-refractivity contribution in [2.45, 2.75) is 38.1 Å². The quantitative estimate of drug-likeness (QED) is 0.775. The molecule has 0 bridgehead atoms. The average molecular weight is 236 g/mol. The van der Waals surface area contributed by atoms with E-state index in [1.807, 2.05) is 0 Å². The molecule has 0 aromatic heterocycles.